The number of nitrogens with zero attached hydrogens (tertiary/aromatic N) is 2. The summed E-state index contributed by atoms with van der Waals surface area (Å²) < 4.78 is 58.6. The second kappa shape index (κ2) is 11.6. The molecule has 1 N–H and O–H groups in total. The highest BCUT2D eigenvalue weighted by Gasteiger charge is 2.34. The minimum atomic E-state index is -0.979. The minimum Gasteiger partial charge on any atom is -0.487 e. The van der Waals surface area contributed by atoms with Gasteiger partial charge in [0, 0.05) is 35.8 Å². The number of halogens is 3. The zero-order chi connectivity index (χ0) is 30.1. The van der Waals surface area contributed by atoms with Gasteiger partial charge in [-0.15, -0.1) is 0 Å². The van der Waals surface area contributed by atoms with Crippen LogP contribution in [0.4, 0.5) is 28.6 Å². The molecule has 1 fully saturated rings. The van der Waals surface area contributed by atoms with Gasteiger partial charge in [-0.05, 0) is 90.1 Å². The molecule has 11 heteroatoms. The number of pyridine rings is 1. The summed E-state index contributed by atoms with van der Waals surface area (Å²) in [5, 5.41) is 4.32. The maximum absolute atomic E-state index is 15.1. The molecular formula is C30H34F3N3O5. The summed E-state index contributed by atoms with van der Waals surface area (Å²) in [5.41, 5.74) is -1.49. The standard InChI is InChI=1S/C30H34F3N3O5/c1-29(2,3)40-27(37)36(28(38)41-30(4,5)6)26-14-21-17(15-35-26)7-9-23(32)22(21)16-34-19-12-20(13-19)39-25-10-8-18(31)11-24(25)33/h7-11,14-15,19-20,34H,12-13,16H2,1-6H3. The molecule has 0 saturated heterocycles. The molecule has 8 nitrogen and oxygen atoms in total. The van der Waals surface area contributed by atoms with E-state index in [1.165, 1.54) is 24.4 Å². The number of nitrogens with one attached hydrogen (secondary N) is 1. The summed E-state index contributed by atoms with van der Waals surface area (Å²) >= 11 is 0. The number of amides is 2. The maximum Gasteiger partial charge on any atom is 0.425 e. The van der Waals surface area contributed by atoms with Crippen LogP contribution in [0.5, 0.6) is 5.75 Å². The van der Waals surface area contributed by atoms with Crippen molar-refractivity contribution in [1.82, 2.24) is 10.3 Å². The summed E-state index contributed by atoms with van der Waals surface area (Å²) in [6.45, 7) is 10.1. The predicted octanol–water partition coefficient (Wildman–Crippen LogP) is 7.03. The number of benzene rings is 2. The fraction of sp³-hybridized carbons (Fsp3) is 0.433. The van der Waals surface area contributed by atoms with Gasteiger partial charge in [0.25, 0.3) is 0 Å². The summed E-state index contributed by atoms with van der Waals surface area (Å²) in [7, 11) is 0. The zero-order valence-corrected chi connectivity index (χ0v) is 23.9. The molecule has 1 heterocycles. The van der Waals surface area contributed by atoms with Crippen LogP contribution in [-0.2, 0) is 16.0 Å². The molecular weight excluding hydrogens is 539 g/mol. The van der Waals surface area contributed by atoms with Crippen LogP contribution in [0.2, 0.25) is 0 Å². The molecule has 0 aliphatic heterocycles. The first-order valence-electron chi connectivity index (χ1n) is 13.3. The number of hydrogen-bond donors (Lipinski definition) is 1. The van der Waals surface area contributed by atoms with Gasteiger partial charge in [-0.2, -0.15) is 4.90 Å². The topological polar surface area (TPSA) is 90.0 Å². The van der Waals surface area contributed by atoms with Crippen LogP contribution in [0, 0.1) is 17.5 Å². The van der Waals surface area contributed by atoms with E-state index in [0.717, 1.165) is 12.1 Å². The van der Waals surface area contributed by atoms with E-state index in [1.54, 1.807) is 47.6 Å². The van der Waals surface area contributed by atoms with E-state index in [1.807, 2.05) is 0 Å². The van der Waals surface area contributed by atoms with Crippen molar-refractivity contribution < 1.29 is 37.0 Å². The van der Waals surface area contributed by atoms with E-state index in [-0.39, 0.29) is 30.3 Å². The molecule has 0 radical (unpaired) electrons. The number of rotatable bonds is 6. The quantitative estimate of drug-likeness (QED) is 0.339. The third-order valence-electron chi connectivity index (χ3n) is 6.17. The van der Waals surface area contributed by atoms with Crippen molar-refractivity contribution in [2.45, 2.75) is 84.3 Å². The molecule has 0 unspecified atom stereocenters. The third kappa shape index (κ3) is 7.66. The van der Waals surface area contributed by atoms with Crippen LogP contribution in [0.25, 0.3) is 10.8 Å². The van der Waals surface area contributed by atoms with Crippen molar-refractivity contribution >= 4 is 28.8 Å². The number of ether oxygens (including phenoxy) is 3. The van der Waals surface area contributed by atoms with E-state index in [0.29, 0.717) is 34.1 Å². The van der Waals surface area contributed by atoms with Gasteiger partial charge in [-0.25, -0.2) is 27.7 Å². The average Bonchev–Trinajstić information content (AvgIpc) is 2.80. The van der Waals surface area contributed by atoms with Gasteiger partial charge in [-0.1, -0.05) is 0 Å². The Hall–Kier alpha value is -3.86. The second-order valence-corrected chi connectivity index (χ2v) is 11.9. The monoisotopic (exact) mass is 573 g/mol. The van der Waals surface area contributed by atoms with Crippen molar-refractivity contribution in [3.8, 4) is 5.75 Å². The highest BCUT2D eigenvalue weighted by molar-refractivity contribution is 6.09. The number of fused-ring (bicyclic) bond motifs is 1. The van der Waals surface area contributed by atoms with E-state index in [2.05, 4.69) is 10.3 Å². The summed E-state index contributed by atoms with van der Waals surface area (Å²) in [5.74, 6) is -2.03. The Balaban J connectivity index is 1.53. The molecule has 1 aliphatic carbocycles. The van der Waals surface area contributed by atoms with Crippen molar-refractivity contribution in [3.05, 3.63) is 65.6 Å². The minimum absolute atomic E-state index is 0.0190. The van der Waals surface area contributed by atoms with Gasteiger partial charge < -0.3 is 19.5 Å². The number of carbonyl (C=O) groups is 2. The van der Waals surface area contributed by atoms with Crippen molar-refractivity contribution in [1.29, 1.82) is 0 Å². The van der Waals surface area contributed by atoms with Gasteiger partial charge in [0.05, 0.1) is 0 Å². The maximum atomic E-state index is 15.1. The second-order valence-electron chi connectivity index (χ2n) is 11.9. The normalized spacial score (nSPS) is 17.1. The van der Waals surface area contributed by atoms with Gasteiger partial charge in [0.2, 0.25) is 0 Å². The Labute approximate surface area is 236 Å². The number of carbonyl (C=O) groups excluding carboxylic acids is 2. The molecule has 2 amide bonds. The van der Waals surface area contributed by atoms with Crippen LogP contribution >= 0.6 is 0 Å². The van der Waals surface area contributed by atoms with E-state index in [4.69, 9.17) is 14.2 Å². The van der Waals surface area contributed by atoms with E-state index < -0.39 is 40.8 Å². The van der Waals surface area contributed by atoms with Crippen molar-refractivity contribution in [3.63, 3.8) is 0 Å². The smallest absolute Gasteiger partial charge is 0.425 e. The van der Waals surface area contributed by atoms with Crippen molar-refractivity contribution in [2.75, 3.05) is 4.90 Å². The lowest BCUT2D eigenvalue weighted by molar-refractivity contribution is 0.0429. The zero-order valence-electron chi connectivity index (χ0n) is 23.9. The van der Waals surface area contributed by atoms with Crippen molar-refractivity contribution in [2.24, 2.45) is 0 Å². The van der Waals surface area contributed by atoms with Crippen LogP contribution in [0.3, 0.4) is 0 Å². The lowest BCUT2D eigenvalue weighted by Crippen LogP contribution is -2.46. The van der Waals surface area contributed by atoms with Crippen LogP contribution < -0.4 is 15.0 Å². The molecule has 0 atom stereocenters. The highest BCUT2D eigenvalue weighted by Crippen LogP contribution is 2.30. The van der Waals surface area contributed by atoms with E-state index in [9.17, 15) is 18.4 Å². The Morgan fingerprint density at radius 2 is 1.56 bits per heavy atom. The summed E-state index contributed by atoms with van der Waals surface area (Å²) in [4.78, 5) is 31.1. The highest BCUT2D eigenvalue weighted by atomic mass is 19.1. The molecule has 3 aromatic rings. The Morgan fingerprint density at radius 3 is 2.15 bits per heavy atom. The fourth-order valence-corrected chi connectivity index (χ4v) is 4.25. The molecule has 0 bridgehead atoms. The largest absolute Gasteiger partial charge is 0.487 e. The molecule has 1 aliphatic rings. The molecule has 1 aromatic heterocycles. The van der Waals surface area contributed by atoms with Gasteiger partial charge >= 0.3 is 12.2 Å². The summed E-state index contributed by atoms with van der Waals surface area (Å²) in [6.07, 6.45) is 0.305. The average molecular weight is 574 g/mol. The Bertz CT molecular complexity index is 1420. The molecule has 2 aromatic carbocycles. The number of anilines is 1. The first-order valence-corrected chi connectivity index (χ1v) is 13.3. The number of imide groups is 1. The molecule has 4 rings (SSSR count). The number of aromatic nitrogens is 1. The Morgan fingerprint density at radius 1 is 0.927 bits per heavy atom. The predicted molar refractivity (Wildman–Crippen MR) is 147 cm³/mol. The Kier molecular flexibility index (Phi) is 8.49. The molecule has 1 saturated carbocycles. The molecule has 0 spiro atoms. The van der Waals surface area contributed by atoms with Crippen LogP contribution in [0.15, 0.2) is 42.6 Å². The fourth-order valence-electron chi connectivity index (χ4n) is 4.25. The van der Waals surface area contributed by atoms with E-state index >= 15 is 4.39 Å². The van der Waals surface area contributed by atoms with Crippen LogP contribution in [0.1, 0.15) is 59.9 Å². The van der Waals surface area contributed by atoms with Gasteiger partial charge in [0.1, 0.15) is 34.8 Å². The summed E-state index contributed by atoms with van der Waals surface area (Å²) in [6, 6.07) is 7.45. The lowest BCUT2D eigenvalue weighted by Gasteiger charge is -2.36. The lowest BCUT2D eigenvalue weighted by atomic mass is 9.89. The first kappa shape index (κ1) is 30.1. The SMILES string of the molecule is CC(C)(C)OC(=O)N(C(=O)OC(C)(C)C)c1cc2c(CNC3CC(Oc4ccc(F)cc4F)C3)c(F)ccc2cn1. The van der Waals surface area contributed by atoms with Gasteiger partial charge in [-0.3, -0.25) is 0 Å². The molecule has 41 heavy (non-hydrogen) atoms. The van der Waals surface area contributed by atoms with Gasteiger partial charge in [0.15, 0.2) is 11.6 Å². The number of hydrogen-bond acceptors (Lipinski definition) is 7. The molecule has 220 valence electrons. The third-order valence-corrected chi connectivity index (χ3v) is 6.17. The first-order chi connectivity index (χ1) is 19.1. The van der Waals surface area contributed by atoms with Crippen LogP contribution in [-0.4, -0.2) is 40.5 Å².